The van der Waals surface area contributed by atoms with Crippen molar-refractivity contribution in [3.8, 4) is 0 Å². The van der Waals surface area contributed by atoms with Crippen molar-refractivity contribution in [1.82, 2.24) is 10.3 Å². The van der Waals surface area contributed by atoms with Gasteiger partial charge in [-0.25, -0.2) is 14.3 Å². The highest BCUT2D eigenvalue weighted by Crippen LogP contribution is 2.21. The molecule has 0 spiro atoms. The Labute approximate surface area is 107 Å². The van der Waals surface area contributed by atoms with Gasteiger partial charge in [0.25, 0.3) is 0 Å². The van der Waals surface area contributed by atoms with E-state index in [4.69, 9.17) is 5.84 Å². The molecule has 0 aliphatic carbocycles. The van der Waals surface area contributed by atoms with Crippen molar-refractivity contribution in [2.75, 3.05) is 30.3 Å². The number of nitrogens with one attached hydrogen (secondary N) is 1. The van der Waals surface area contributed by atoms with Crippen LogP contribution in [0.5, 0.6) is 0 Å². The van der Waals surface area contributed by atoms with Gasteiger partial charge in [-0.1, -0.05) is 6.92 Å². The van der Waals surface area contributed by atoms with Crippen LogP contribution in [0.3, 0.4) is 0 Å². The summed E-state index contributed by atoms with van der Waals surface area (Å²) in [6.07, 6.45) is 0. The molecule has 3 N–H and O–H groups in total. The van der Waals surface area contributed by atoms with Crippen LogP contribution in [-0.4, -0.2) is 55.0 Å². The van der Waals surface area contributed by atoms with E-state index in [0.717, 1.165) is 5.75 Å². The largest absolute Gasteiger partial charge is 0.323 e. The van der Waals surface area contributed by atoms with E-state index in [-0.39, 0.29) is 5.75 Å². The van der Waals surface area contributed by atoms with E-state index in [1.807, 2.05) is 6.92 Å². The molecule has 0 bridgehead atoms. The minimum absolute atomic E-state index is 0.138. The number of sulfone groups is 1. The van der Waals surface area contributed by atoms with E-state index in [9.17, 15) is 8.42 Å². The average Bonchev–Trinajstić information content (AvgIpc) is 2.36. The van der Waals surface area contributed by atoms with Crippen molar-refractivity contribution in [3.05, 3.63) is 0 Å². The lowest BCUT2D eigenvalue weighted by atomic mass is 10.5. The molecule has 1 heterocycles. The number of hydrogen-bond donors (Lipinski definition) is 2. The Kier molecular flexibility index (Phi) is 5.54. The Hall–Kier alpha value is -0.470. The molecule has 1 saturated heterocycles. The van der Waals surface area contributed by atoms with E-state index in [1.165, 1.54) is 0 Å². The minimum atomic E-state index is -3.12. The second kappa shape index (κ2) is 6.46. The number of hydrazine groups is 1. The second-order valence-corrected chi connectivity index (χ2v) is 7.21. The predicted octanol–water partition coefficient (Wildman–Crippen LogP) is -0.365. The quantitative estimate of drug-likeness (QED) is 0.317. The second-order valence-electron chi connectivity index (χ2n) is 3.62. The number of nitrogens with zero attached hydrogens (tertiary/aromatic N) is 2. The Morgan fingerprint density at radius 3 is 2.82 bits per heavy atom. The molecule has 1 unspecified atom stereocenters. The number of guanidine groups is 1. The van der Waals surface area contributed by atoms with Crippen LogP contribution in [-0.2, 0) is 9.84 Å². The van der Waals surface area contributed by atoms with E-state index in [1.54, 1.807) is 23.6 Å². The maximum atomic E-state index is 12.0. The number of nitrogens with two attached hydrogens (primary N) is 1. The van der Waals surface area contributed by atoms with Crippen LogP contribution < -0.4 is 11.3 Å². The minimum Gasteiger partial charge on any atom is -0.323 e. The average molecular weight is 280 g/mol. The first-order valence-corrected chi connectivity index (χ1v) is 8.50. The fourth-order valence-electron chi connectivity index (χ4n) is 1.68. The van der Waals surface area contributed by atoms with Gasteiger partial charge in [-0.3, -0.25) is 10.4 Å². The topological polar surface area (TPSA) is 87.8 Å². The molecule has 1 aliphatic rings. The van der Waals surface area contributed by atoms with Gasteiger partial charge in [0.1, 0.15) is 5.37 Å². The van der Waals surface area contributed by atoms with Crippen LogP contribution >= 0.6 is 11.8 Å². The van der Waals surface area contributed by atoms with Gasteiger partial charge in [0.15, 0.2) is 9.84 Å². The van der Waals surface area contributed by atoms with Gasteiger partial charge in [-0.2, -0.15) is 11.8 Å². The predicted molar refractivity (Wildman–Crippen MR) is 72.6 cm³/mol. The normalized spacial score (nSPS) is 22.6. The molecule has 1 fully saturated rings. The monoisotopic (exact) mass is 280 g/mol. The summed E-state index contributed by atoms with van der Waals surface area (Å²) in [6.45, 7) is 4.78. The van der Waals surface area contributed by atoms with E-state index < -0.39 is 15.2 Å². The zero-order valence-electron chi connectivity index (χ0n) is 10.2. The summed E-state index contributed by atoms with van der Waals surface area (Å²) < 4.78 is 24.0. The molecule has 0 aromatic heterocycles. The Bertz CT molecular complexity index is 369. The first kappa shape index (κ1) is 14.6. The van der Waals surface area contributed by atoms with E-state index in [2.05, 4.69) is 10.4 Å². The maximum Gasteiger partial charge on any atom is 0.209 e. The number of aliphatic imine (C=N–C) groups is 1. The molecular weight excluding hydrogens is 260 g/mol. The third-order valence-electron chi connectivity index (χ3n) is 2.61. The lowest BCUT2D eigenvalue weighted by Crippen LogP contribution is -2.56. The molecule has 8 heteroatoms. The van der Waals surface area contributed by atoms with Crippen LogP contribution in [0.2, 0.25) is 0 Å². The fraction of sp³-hybridized carbons (Fsp3) is 0.889. The Morgan fingerprint density at radius 2 is 2.29 bits per heavy atom. The maximum absolute atomic E-state index is 12.0. The summed E-state index contributed by atoms with van der Waals surface area (Å²) in [5, 5.41) is -0.521. The van der Waals surface area contributed by atoms with Crippen molar-refractivity contribution < 1.29 is 8.42 Å². The van der Waals surface area contributed by atoms with Crippen molar-refractivity contribution in [2.45, 2.75) is 19.2 Å². The summed E-state index contributed by atoms with van der Waals surface area (Å²) in [6, 6.07) is 0. The summed E-state index contributed by atoms with van der Waals surface area (Å²) in [5.74, 6) is 7.48. The molecule has 0 saturated carbocycles. The Balaban J connectivity index is 2.97. The Morgan fingerprint density at radius 1 is 1.59 bits per heavy atom. The highest BCUT2D eigenvalue weighted by atomic mass is 32.2. The summed E-state index contributed by atoms with van der Waals surface area (Å²) in [5.41, 5.74) is 2.50. The molecule has 0 radical (unpaired) electrons. The SMILES string of the molecule is CCN=C(NN)N1CCSCC1S(=O)(=O)CC. The molecule has 1 atom stereocenters. The van der Waals surface area contributed by atoms with Crippen LogP contribution in [0.1, 0.15) is 13.8 Å². The summed E-state index contributed by atoms with van der Waals surface area (Å²) in [4.78, 5) is 5.96. The first-order valence-electron chi connectivity index (χ1n) is 5.63. The van der Waals surface area contributed by atoms with Crippen LogP contribution in [0.25, 0.3) is 0 Å². The zero-order valence-corrected chi connectivity index (χ0v) is 11.9. The fourth-order valence-corrected chi connectivity index (χ4v) is 4.65. The molecule has 1 rings (SSSR count). The highest BCUT2D eigenvalue weighted by Gasteiger charge is 2.34. The lowest BCUT2D eigenvalue weighted by molar-refractivity contribution is 0.394. The molecule has 0 aromatic rings. The van der Waals surface area contributed by atoms with E-state index >= 15 is 0 Å². The summed E-state index contributed by atoms with van der Waals surface area (Å²) >= 11 is 1.65. The molecule has 6 nitrogen and oxygen atoms in total. The van der Waals surface area contributed by atoms with Gasteiger partial charge in [-0.05, 0) is 6.92 Å². The van der Waals surface area contributed by atoms with Gasteiger partial charge in [0.2, 0.25) is 5.96 Å². The van der Waals surface area contributed by atoms with Crippen LogP contribution in [0.4, 0.5) is 0 Å². The molecule has 0 aromatic carbocycles. The van der Waals surface area contributed by atoms with Crippen molar-refractivity contribution >= 4 is 27.6 Å². The van der Waals surface area contributed by atoms with Gasteiger partial charge < -0.3 is 4.90 Å². The first-order chi connectivity index (χ1) is 8.06. The van der Waals surface area contributed by atoms with Gasteiger partial charge in [0.05, 0.1) is 0 Å². The third-order valence-corrected chi connectivity index (χ3v) is 5.90. The molecule has 17 heavy (non-hydrogen) atoms. The molecule has 100 valence electrons. The van der Waals surface area contributed by atoms with Gasteiger partial charge in [0, 0.05) is 30.3 Å². The lowest BCUT2D eigenvalue weighted by Gasteiger charge is -2.36. The number of rotatable bonds is 3. The van der Waals surface area contributed by atoms with Crippen LogP contribution in [0.15, 0.2) is 4.99 Å². The van der Waals surface area contributed by atoms with Crippen molar-refractivity contribution in [3.63, 3.8) is 0 Å². The summed E-state index contributed by atoms with van der Waals surface area (Å²) in [7, 11) is -3.12. The number of hydrogen-bond acceptors (Lipinski definition) is 5. The highest BCUT2D eigenvalue weighted by molar-refractivity contribution is 8.01. The molecular formula is C9H20N4O2S2. The molecule has 1 aliphatic heterocycles. The smallest absolute Gasteiger partial charge is 0.209 e. The van der Waals surface area contributed by atoms with Crippen molar-refractivity contribution in [2.24, 2.45) is 10.8 Å². The van der Waals surface area contributed by atoms with Crippen molar-refractivity contribution in [1.29, 1.82) is 0 Å². The van der Waals surface area contributed by atoms with Gasteiger partial charge in [-0.15, -0.1) is 0 Å². The van der Waals surface area contributed by atoms with Gasteiger partial charge >= 0.3 is 0 Å². The van der Waals surface area contributed by atoms with E-state index in [0.29, 0.717) is 24.8 Å². The molecule has 0 amide bonds. The van der Waals surface area contributed by atoms with Crippen LogP contribution in [0, 0.1) is 0 Å². The number of thioether (sulfide) groups is 1. The zero-order chi connectivity index (χ0) is 12.9. The third kappa shape index (κ3) is 3.49. The standard InChI is InChI=1S/C9H20N4O2S2/c1-3-11-9(12-10)13-5-6-16-7-8(13)17(14,15)4-2/h8H,3-7,10H2,1-2H3,(H,11,12).